The molecule has 1 fully saturated rings. The van der Waals surface area contributed by atoms with Gasteiger partial charge in [0.2, 0.25) is 0 Å². The average molecular weight is 251 g/mol. The second-order valence-corrected chi connectivity index (χ2v) is 3.54. The predicted octanol–water partition coefficient (Wildman–Crippen LogP) is 2.07. The van der Waals surface area contributed by atoms with Crippen molar-refractivity contribution in [1.82, 2.24) is 5.32 Å². The van der Waals surface area contributed by atoms with Gasteiger partial charge in [0.25, 0.3) is 0 Å². The third-order valence-corrected chi connectivity index (χ3v) is 2.17. The largest absolute Gasteiger partial charge is 0.573 e. The number of rotatable bonds is 3. The van der Waals surface area contributed by atoms with Crippen molar-refractivity contribution >= 4 is 0 Å². The standard InChI is InChI=1S/C10H9F4NO2/c11-8-2-1-6(17-10(12,13)14)3-9(8)16-7-4-15-5-7/h1-3,7,15H,4-5H2. The summed E-state index contributed by atoms with van der Waals surface area (Å²) in [6.45, 7) is 1.09. The third-order valence-electron chi connectivity index (χ3n) is 2.17. The van der Waals surface area contributed by atoms with E-state index in [1.807, 2.05) is 0 Å². The Balaban J connectivity index is 2.10. The lowest BCUT2D eigenvalue weighted by molar-refractivity contribution is -0.274. The predicted molar refractivity (Wildman–Crippen MR) is 50.4 cm³/mol. The van der Waals surface area contributed by atoms with Crippen LogP contribution < -0.4 is 14.8 Å². The summed E-state index contributed by atoms with van der Waals surface area (Å²) in [5.74, 6) is -1.45. The molecule has 1 N–H and O–H groups in total. The molecule has 17 heavy (non-hydrogen) atoms. The number of ether oxygens (including phenoxy) is 2. The Morgan fingerprint density at radius 3 is 2.47 bits per heavy atom. The molecule has 0 aliphatic carbocycles. The molecule has 0 bridgehead atoms. The molecule has 1 aliphatic rings. The Kier molecular flexibility index (Phi) is 3.10. The molecule has 0 unspecified atom stereocenters. The van der Waals surface area contributed by atoms with Crippen LogP contribution >= 0.6 is 0 Å². The summed E-state index contributed by atoms with van der Waals surface area (Å²) in [5, 5.41) is 2.90. The van der Waals surface area contributed by atoms with E-state index in [2.05, 4.69) is 10.1 Å². The maximum Gasteiger partial charge on any atom is 0.573 e. The van der Waals surface area contributed by atoms with Gasteiger partial charge in [0.05, 0.1) is 0 Å². The first-order valence-corrected chi connectivity index (χ1v) is 4.87. The van der Waals surface area contributed by atoms with Crippen molar-refractivity contribution in [2.24, 2.45) is 0 Å². The van der Waals surface area contributed by atoms with Crippen LogP contribution in [-0.2, 0) is 0 Å². The second-order valence-electron chi connectivity index (χ2n) is 3.54. The SMILES string of the molecule is Fc1ccc(OC(F)(F)F)cc1OC1CNC1. The minimum absolute atomic E-state index is 0.217. The van der Waals surface area contributed by atoms with Gasteiger partial charge in [0.15, 0.2) is 11.6 Å². The van der Waals surface area contributed by atoms with Gasteiger partial charge in [-0.25, -0.2) is 4.39 Å². The molecule has 0 spiro atoms. The number of alkyl halides is 3. The van der Waals surface area contributed by atoms with E-state index in [1.54, 1.807) is 0 Å². The van der Waals surface area contributed by atoms with E-state index >= 15 is 0 Å². The van der Waals surface area contributed by atoms with Gasteiger partial charge in [-0.3, -0.25) is 0 Å². The molecule has 1 aromatic carbocycles. The van der Waals surface area contributed by atoms with E-state index in [4.69, 9.17) is 4.74 Å². The molecule has 0 radical (unpaired) electrons. The second kappa shape index (κ2) is 4.40. The Labute approximate surface area is 94.3 Å². The van der Waals surface area contributed by atoms with Gasteiger partial charge < -0.3 is 14.8 Å². The summed E-state index contributed by atoms with van der Waals surface area (Å²) in [4.78, 5) is 0. The Bertz CT molecular complexity index is 404. The van der Waals surface area contributed by atoms with Crippen molar-refractivity contribution in [3.63, 3.8) is 0 Å². The topological polar surface area (TPSA) is 30.5 Å². The Hall–Kier alpha value is -1.50. The van der Waals surface area contributed by atoms with Crippen LogP contribution in [0.3, 0.4) is 0 Å². The van der Waals surface area contributed by atoms with Crippen LogP contribution in [0.4, 0.5) is 17.6 Å². The van der Waals surface area contributed by atoms with E-state index < -0.39 is 17.9 Å². The molecule has 0 aromatic heterocycles. The lowest BCUT2D eigenvalue weighted by Gasteiger charge is -2.28. The summed E-state index contributed by atoms with van der Waals surface area (Å²) in [6, 6.07) is 2.67. The maximum absolute atomic E-state index is 13.2. The number of nitrogens with one attached hydrogen (secondary N) is 1. The molecule has 1 saturated heterocycles. The highest BCUT2D eigenvalue weighted by atomic mass is 19.4. The van der Waals surface area contributed by atoms with E-state index in [9.17, 15) is 17.6 Å². The number of hydrogen-bond donors (Lipinski definition) is 1. The first-order valence-electron chi connectivity index (χ1n) is 4.87. The highest BCUT2D eigenvalue weighted by Gasteiger charge is 2.31. The molecule has 0 amide bonds. The van der Waals surface area contributed by atoms with Crippen molar-refractivity contribution in [1.29, 1.82) is 0 Å². The van der Waals surface area contributed by atoms with E-state index in [-0.39, 0.29) is 11.9 Å². The van der Waals surface area contributed by atoms with Crippen molar-refractivity contribution in [3.05, 3.63) is 24.0 Å². The molecule has 3 nitrogen and oxygen atoms in total. The molecule has 0 saturated carbocycles. The minimum Gasteiger partial charge on any atom is -0.485 e. The zero-order valence-electron chi connectivity index (χ0n) is 8.55. The monoisotopic (exact) mass is 251 g/mol. The van der Waals surface area contributed by atoms with Gasteiger partial charge in [0.1, 0.15) is 11.9 Å². The lowest BCUT2D eigenvalue weighted by atomic mass is 10.2. The molecule has 2 rings (SSSR count). The van der Waals surface area contributed by atoms with Gasteiger partial charge in [-0.15, -0.1) is 13.2 Å². The fourth-order valence-electron chi connectivity index (χ4n) is 1.30. The van der Waals surface area contributed by atoms with Crippen LogP contribution in [0, 0.1) is 5.82 Å². The van der Waals surface area contributed by atoms with Crippen LogP contribution in [0.15, 0.2) is 18.2 Å². The quantitative estimate of drug-likeness (QED) is 0.834. The smallest absolute Gasteiger partial charge is 0.485 e. The van der Waals surface area contributed by atoms with Gasteiger partial charge in [-0.05, 0) is 12.1 Å². The summed E-state index contributed by atoms with van der Waals surface area (Å²) >= 11 is 0. The molecule has 7 heteroatoms. The number of halogens is 4. The van der Waals surface area contributed by atoms with Crippen LogP contribution in [0.5, 0.6) is 11.5 Å². The highest BCUT2D eigenvalue weighted by molar-refractivity contribution is 5.35. The summed E-state index contributed by atoms with van der Waals surface area (Å²) in [5.41, 5.74) is 0. The van der Waals surface area contributed by atoms with Crippen LogP contribution in [0.2, 0.25) is 0 Å². The summed E-state index contributed by atoms with van der Waals surface area (Å²) < 4.78 is 57.9. The highest BCUT2D eigenvalue weighted by Crippen LogP contribution is 2.29. The van der Waals surface area contributed by atoms with E-state index in [0.29, 0.717) is 13.1 Å². The van der Waals surface area contributed by atoms with Gasteiger partial charge >= 0.3 is 6.36 Å². The zero-order valence-corrected chi connectivity index (χ0v) is 8.55. The fraction of sp³-hybridized carbons (Fsp3) is 0.400. The fourth-order valence-corrected chi connectivity index (χ4v) is 1.30. The van der Waals surface area contributed by atoms with E-state index in [1.165, 1.54) is 0 Å². The number of hydrogen-bond acceptors (Lipinski definition) is 3. The van der Waals surface area contributed by atoms with Gasteiger partial charge in [0, 0.05) is 19.2 Å². The van der Waals surface area contributed by atoms with Crippen molar-refractivity contribution < 1.29 is 27.0 Å². The molecular weight excluding hydrogens is 242 g/mol. The number of benzene rings is 1. The zero-order chi connectivity index (χ0) is 12.5. The van der Waals surface area contributed by atoms with Crippen molar-refractivity contribution in [3.8, 4) is 11.5 Å². The lowest BCUT2D eigenvalue weighted by Crippen LogP contribution is -2.50. The average Bonchev–Trinajstić information content (AvgIpc) is 2.14. The first kappa shape index (κ1) is 12.0. The Morgan fingerprint density at radius 1 is 1.24 bits per heavy atom. The van der Waals surface area contributed by atoms with Crippen LogP contribution in [-0.4, -0.2) is 25.6 Å². The van der Waals surface area contributed by atoms with Gasteiger partial charge in [-0.1, -0.05) is 0 Å². The minimum atomic E-state index is -4.80. The third kappa shape index (κ3) is 3.23. The van der Waals surface area contributed by atoms with Crippen molar-refractivity contribution in [2.75, 3.05) is 13.1 Å². The molecular formula is C10H9F4NO2. The molecule has 0 atom stereocenters. The van der Waals surface area contributed by atoms with E-state index in [0.717, 1.165) is 18.2 Å². The van der Waals surface area contributed by atoms with Gasteiger partial charge in [-0.2, -0.15) is 0 Å². The maximum atomic E-state index is 13.2. The normalized spacial score (nSPS) is 16.5. The summed E-state index contributed by atoms with van der Waals surface area (Å²) in [7, 11) is 0. The molecule has 1 aromatic rings. The first-order chi connectivity index (χ1) is 7.94. The Morgan fingerprint density at radius 2 is 1.94 bits per heavy atom. The summed E-state index contributed by atoms with van der Waals surface area (Å²) in [6.07, 6.45) is -5.02. The van der Waals surface area contributed by atoms with Crippen LogP contribution in [0.1, 0.15) is 0 Å². The molecule has 94 valence electrons. The molecule has 1 aliphatic heterocycles. The van der Waals surface area contributed by atoms with Crippen LogP contribution in [0.25, 0.3) is 0 Å². The molecule has 1 heterocycles. The van der Waals surface area contributed by atoms with Crippen molar-refractivity contribution in [2.45, 2.75) is 12.5 Å².